The van der Waals surface area contributed by atoms with Crippen LogP contribution in [-0.2, 0) is 13.2 Å². The van der Waals surface area contributed by atoms with Crippen molar-refractivity contribution in [1.29, 1.82) is 0 Å². The summed E-state index contributed by atoms with van der Waals surface area (Å²) in [5, 5.41) is 7.27. The van der Waals surface area contributed by atoms with E-state index in [1.807, 2.05) is 31.2 Å². The van der Waals surface area contributed by atoms with Gasteiger partial charge in [-0.2, -0.15) is 5.10 Å². The Bertz CT molecular complexity index is 1250. The Morgan fingerprint density at radius 1 is 1.16 bits per heavy atom. The summed E-state index contributed by atoms with van der Waals surface area (Å²) in [6, 6.07) is 15.2. The Kier molecular flexibility index (Phi) is 6.48. The lowest BCUT2D eigenvalue weighted by atomic mass is 10.2. The van der Waals surface area contributed by atoms with E-state index in [-0.39, 0.29) is 40.3 Å². The lowest BCUT2D eigenvalue weighted by molar-refractivity contribution is 0.0992. The first kappa shape index (κ1) is 21.9. The quantitative estimate of drug-likeness (QED) is 0.351. The molecule has 6 nitrogen and oxygen atoms in total. The van der Waals surface area contributed by atoms with Crippen LogP contribution in [0.15, 0.2) is 65.2 Å². The van der Waals surface area contributed by atoms with Crippen LogP contribution in [-0.4, -0.2) is 15.7 Å². The van der Waals surface area contributed by atoms with Crippen LogP contribution in [0.5, 0.6) is 5.75 Å². The number of furan rings is 1. The number of carbonyl (C=O) groups is 1. The van der Waals surface area contributed by atoms with Crippen molar-refractivity contribution in [3.63, 3.8) is 0 Å². The highest BCUT2D eigenvalue weighted by Crippen LogP contribution is 2.24. The van der Waals surface area contributed by atoms with Crippen LogP contribution in [0.3, 0.4) is 0 Å². The lowest BCUT2D eigenvalue weighted by Crippen LogP contribution is -2.12. The summed E-state index contributed by atoms with van der Waals surface area (Å²) in [5.74, 6) is 0.421. The van der Waals surface area contributed by atoms with Crippen LogP contribution in [0, 0.1) is 12.7 Å². The van der Waals surface area contributed by atoms with E-state index in [4.69, 9.17) is 32.4 Å². The lowest BCUT2D eigenvalue weighted by Gasteiger charge is -2.06. The van der Waals surface area contributed by atoms with Gasteiger partial charge < -0.3 is 14.5 Å². The summed E-state index contributed by atoms with van der Waals surface area (Å²) in [5.41, 5.74) is 1.35. The number of carbonyl (C=O) groups excluding carboxylic acids is 1. The van der Waals surface area contributed by atoms with E-state index in [0.29, 0.717) is 11.5 Å². The maximum atomic E-state index is 14.0. The molecule has 32 heavy (non-hydrogen) atoms. The van der Waals surface area contributed by atoms with Gasteiger partial charge in [0.25, 0.3) is 5.91 Å². The minimum Gasteiger partial charge on any atom is -0.486 e. The molecule has 1 amide bonds. The van der Waals surface area contributed by atoms with Crippen LogP contribution in [0.25, 0.3) is 0 Å². The number of benzene rings is 2. The van der Waals surface area contributed by atoms with Gasteiger partial charge in [-0.3, -0.25) is 9.48 Å². The minimum atomic E-state index is -0.525. The summed E-state index contributed by atoms with van der Waals surface area (Å²) in [7, 11) is 0. The highest BCUT2D eigenvalue weighted by Gasteiger charge is 2.17. The molecule has 0 bridgehead atoms. The zero-order valence-corrected chi connectivity index (χ0v) is 18.5. The van der Waals surface area contributed by atoms with Gasteiger partial charge in [-0.15, -0.1) is 0 Å². The smallest absolute Gasteiger partial charge is 0.292 e. The van der Waals surface area contributed by atoms with Crippen LogP contribution in [0.2, 0.25) is 10.0 Å². The monoisotopic (exact) mass is 473 g/mol. The third-order valence-electron chi connectivity index (χ3n) is 4.59. The fourth-order valence-electron chi connectivity index (χ4n) is 3.01. The number of aromatic nitrogens is 2. The van der Waals surface area contributed by atoms with Crippen LogP contribution < -0.4 is 10.1 Å². The van der Waals surface area contributed by atoms with Crippen LogP contribution >= 0.6 is 23.2 Å². The Labute approximate surface area is 193 Å². The number of rotatable bonds is 7. The van der Waals surface area contributed by atoms with Crippen molar-refractivity contribution >= 4 is 34.9 Å². The first-order valence-electron chi connectivity index (χ1n) is 9.64. The summed E-state index contributed by atoms with van der Waals surface area (Å²) < 4.78 is 26.7. The average Bonchev–Trinajstić information content (AvgIpc) is 3.36. The molecule has 0 unspecified atom stereocenters. The van der Waals surface area contributed by atoms with Crippen molar-refractivity contribution in [1.82, 2.24) is 9.78 Å². The van der Waals surface area contributed by atoms with E-state index in [0.717, 1.165) is 5.56 Å². The molecule has 0 radical (unpaired) electrons. The molecule has 0 saturated carbocycles. The summed E-state index contributed by atoms with van der Waals surface area (Å²) >= 11 is 12.2. The molecule has 0 aliphatic rings. The van der Waals surface area contributed by atoms with Crippen molar-refractivity contribution < 1.29 is 18.3 Å². The van der Waals surface area contributed by atoms with Gasteiger partial charge in [0.05, 0.1) is 6.54 Å². The number of aryl methyl sites for hydroxylation is 1. The van der Waals surface area contributed by atoms with E-state index in [1.165, 1.54) is 29.1 Å². The SMILES string of the molecule is Cc1cccc(OCc2ccc(C(=O)Nc3nn(Cc4c(F)cccc4Cl)cc3Cl)o2)c1. The summed E-state index contributed by atoms with van der Waals surface area (Å²) in [4.78, 5) is 12.5. The van der Waals surface area contributed by atoms with Gasteiger partial charge in [0.1, 0.15) is 29.0 Å². The molecule has 2 aromatic heterocycles. The van der Waals surface area contributed by atoms with Crippen LogP contribution in [0.1, 0.15) is 27.4 Å². The Hall–Kier alpha value is -3.29. The van der Waals surface area contributed by atoms with E-state index in [1.54, 1.807) is 12.1 Å². The molecule has 0 spiro atoms. The molecule has 2 aromatic carbocycles. The van der Waals surface area contributed by atoms with Crippen molar-refractivity contribution in [3.05, 3.63) is 99.3 Å². The van der Waals surface area contributed by atoms with E-state index >= 15 is 0 Å². The number of nitrogens with zero attached hydrogens (tertiary/aromatic N) is 2. The predicted molar refractivity (Wildman–Crippen MR) is 120 cm³/mol. The average molecular weight is 474 g/mol. The molecular formula is C23H18Cl2FN3O3. The molecule has 0 aliphatic carbocycles. The molecule has 0 saturated heterocycles. The third-order valence-corrected chi connectivity index (χ3v) is 5.22. The number of amides is 1. The van der Waals surface area contributed by atoms with Gasteiger partial charge in [-0.25, -0.2) is 4.39 Å². The second-order valence-electron chi connectivity index (χ2n) is 7.05. The first-order chi connectivity index (χ1) is 15.4. The predicted octanol–water partition coefficient (Wildman–Crippen LogP) is 6.11. The first-order valence-corrected chi connectivity index (χ1v) is 10.4. The Balaban J connectivity index is 1.40. The van der Waals surface area contributed by atoms with Crippen LogP contribution in [0.4, 0.5) is 10.2 Å². The van der Waals surface area contributed by atoms with Gasteiger partial charge in [0, 0.05) is 16.8 Å². The highest BCUT2D eigenvalue weighted by molar-refractivity contribution is 6.33. The summed E-state index contributed by atoms with van der Waals surface area (Å²) in [6.45, 7) is 2.21. The highest BCUT2D eigenvalue weighted by atomic mass is 35.5. The molecule has 1 N–H and O–H groups in total. The zero-order valence-electron chi connectivity index (χ0n) is 16.9. The molecule has 164 valence electrons. The molecular weight excluding hydrogens is 456 g/mol. The number of hydrogen-bond acceptors (Lipinski definition) is 4. The second kappa shape index (κ2) is 9.46. The van der Waals surface area contributed by atoms with Gasteiger partial charge in [0.15, 0.2) is 11.6 Å². The van der Waals surface area contributed by atoms with Gasteiger partial charge in [-0.05, 0) is 48.9 Å². The molecule has 0 atom stereocenters. The number of ether oxygens (including phenoxy) is 1. The second-order valence-corrected chi connectivity index (χ2v) is 7.86. The van der Waals surface area contributed by atoms with Gasteiger partial charge >= 0.3 is 0 Å². The Morgan fingerprint density at radius 3 is 2.75 bits per heavy atom. The maximum Gasteiger partial charge on any atom is 0.292 e. The number of anilines is 1. The van der Waals surface area contributed by atoms with Crippen molar-refractivity contribution in [3.8, 4) is 5.75 Å². The van der Waals surface area contributed by atoms with E-state index in [9.17, 15) is 9.18 Å². The van der Waals surface area contributed by atoms with E-state index in [2.05, 4.69) is 10.4 Å². The summed E-state index contributed by atoms with van der Waals surface area (Å²) in [6.07, 6.45) is 1.48. The van der Waals surface area contributed by atoms with Crippen molar-refractivity contribution in [2.75, 3.05) is 5.32 Å². The maximum absolute atomic E-state index is 14.0. The molecule has 4 rings (SSSR count). The standard InChI is InChI=1S/C23H18Cl2FN3O3/c1-14-4-2-5-15(10-14)31-13-16-8-9-21(32-16)23(30)27-22-19(25)12-29(28-22)11-17-18(24)6-3-7-20(17)26/h2-10,12H,11,13H2,1H3,(H,27,28,30). The minimum absolute atomic E-state index is 0.0578. The Morgan fingerprint density at radius 2 is 1.97 bits per heavy atom. The van der Waals surface area contributed by atoms with Gasteiger partial charge in [0.2, 0.25) is 0 Å². The van der Waals surface area contributed by atoms with Crippen molar-refractivity contribution in [2.24, 2.45) is 0 Å². The van der Waals surface area contributed by atoms with Gasteiger partial charge in [-0.1, -0.05) is 41.4 Å². The fourth-order valence-corrected chi connectivity index (χ4v) is 3.43. The third kappa shape index (κ3) is 5.12. The molecule has 2 heterocycles. The topological polar surface area (TPSA) is 69.3 Å². The number of hydrogen-bond donors (Lipinski definition) is 1. The molecule has 0 fully saturated rings. The normalized spacial score (nSPS) is 10.9. The van der Waals surface area contributed by atoms with E-state index < -0.39 is 11.7 Å². The molecule has 4 aromatic rings. The molecule has 0 aliphatic heterocycles. The number of halogens is 3. The fraction of sp³-hybridized carbons (Fsp3) is 0.130. The molecule has 9 heteroatoms. The number of nitrogens with one attached hydrogen (secondary N) is 1. The zero-order chi connectivity index (χ0) is 22.7. The van der Waals surface area contributed by atoms with Crippen molar-refractivity contribution in [2.45, 2.75) is 20.1 Å². The largest absolute Gasteiger partial charge is 0.486 e.